The Morgan fingerprint density at radius 3 is 2.44 bits per heavy atom. The Morgan fingerprint density at radius 1 is 1.16 bits per heavy atom. The van der Waals surface area contributed by atoms with Crippen molar-refractivity contribution in [2.75, 3.05) is 13.6 Å². The van der Waals surface area contributed by atoms with Gasteiger partial charge in [-0.15, -0.1) is 11.3 Å². The standard InChI is InChI=1S/C19H25N3O2S/c1-13(2)11-14-6-8-15(9-7-14)18(16-5-4-10-25-16)21-12-17(23)22-19(24)20-3/h4-10,13,18,21H,11-12H2,1-3H3,(H2,20,22,23,24)/p+1/t18-/m1/s1. The van der Waals surface area contributed by atoms with E-state index in [1.54, 1.807) is 11.3 Å². The van der Waals surface area contributed by atoms with Crippen molar-refractivity contribution in [1.29, 1.82) is 0 Å². The van der Waals surface area contributed by atoms with E-state index in [2.05, 4.69) is 54.8 Å². The van der Waals surface area contributed by atoms with E-state index in [-0.39, 0.29) is 18.5 Å². The number of imide groups is 1. The minimum atomic E-state index is -0.482. The molecule has 1 atom stereocenters. The van der Waals surface area contributed by atoms with Crippen LogP contribution in [0, 0.1) is 5.92 Å². The Hall–Kier alpha value is -2.18. The number of carbonyl (C=O) groups excluding carboxylic acids is 2. The van der Waals surface area contributed by atoms with E-state index in [9.17, 15) is 9.59 Å². The highest BCUT2D eigenvalue weighted by molar-refractivity contribution is 7.10. The lowest BCUT2D eigenvalue weighted by molar-refractivity contribution is -0.676. The third-order valence-electron chi connectivity index (χ3n) is 3.85. The maximum absolute atomic E-state index is 11.9. The fraction of sp³-hybridized carbons (Fsp3) is 0.368. The Morgan fingerprint density at radius 2 is 1.88 bits per heavy atom. The summed E-state index contributed by atoms with van der Waals surface area (Å²) in [4.78, 5) is 24.3. The predicted molar refractivity (Wildman–Crippen MR) is 101 cm³/mol. The smallest absolute Gasteiger partial charge is 0.321 e. The van der Waals surface area contributed by atoms with Gasteiger partial charge < -0.3 is 10.6 Å². The Balaban J connectivity index is 2.09. The highest BCUT2D eigenvalue weighted by atomic mass is 32.1. The zero-order valence-corrected chi connectivity index (χ0v) is 15.7. The summed E-state index contributed by atoms with van der Waals surface area (Å²) in [5.74, 6) is 0.316. The highest BCUT2D eigenvalue weighted by Gasteiger charge is 2.20. The van der Waals surface area contributed by atoms with E-state index >= 15 is 0 Å². The quantitative estimate of drug-likeness (QED) is 0.707. The predicted octanol–water partition coefficient (Wildman–Crippen LogP) is 2.06. The van der Waals surface area contributed by atoms with Gasteiger partial charge in [-0.25, -0.2) is 4.79 Å². The van der Waals surface area contributed by atoms with Crippen LogP contribution in [0.1, 0.15) is 35.9 Å². The van der Waals surface area contributed by atoms with E-state index in [0.29, 0.717) is 5.92 Å². The zero-order chi connectivity index (χ0) is 18.2. The number of nitrogens with one attached hydrogen (secondary N) is 2. The van der Waals surface area contributed by atoms with Gasteiger partial charge in [-0.1, -0.05) is 44.2 Å². The summed E-state index contributed by atoms with van der Waals surface area (Å²) in [5, 5.41) is 8.67. The summed E-state index contributed by atoms with van der Waals surface area (Å²) in [5.41, 5.74) is 2.48. The van der Waals surface area contributed by atoms with Gasteiger partial charge in [0.15, 0.2) is 6.54 Å². The van der Waals surface area contributed by atoms with E-state index in [4.69, 9.17) is 0 Å². The molecule has 3 amide bonds. The SMILES string of the molecule is CNC(=O)NC(=O)C[NH2+][C@H](c1ccc(CC(C)C)cc1)c1cccs1. The number of benzene rings is 1. The van der Waals surface area contributed by atoms with Crippen molar-refractivity contribution >= 4 is 23.3 Å². The van der Waals surface area contributed by atoms with E-state index < -0.39 is 6.03 Å². The van der Waals surface area contributed by atoms with Crippen LogP contribution in [0.2, 0.25) is 0 Å². The molecule has 0 saturated carbocycles. The molecule has 2 aromatic rings. The fourth-order valence-corrected chi connectivity index (χ4v) is 3.53. The molecule has 0 fully saturated rings. The molecule has 1 aromatic carbocycles. The summed E-state index contributed by atoms with van der Waals surface area (Å²) in [6.45, 7) is 4.60. The number of thiophene rings is 1. The number of urea groups is 1. The molecular weight excluding hydrogens is 334 g/mol. The average Bonchev–Trinajstić information content (AvgIpc) is 3.10. The first-order chi connectivity index (χ1) is 12.0. The summed E-state index contributed by atoms with van der Waals surface area (Å²) in [7, 11) is 1.49. The minimum Gasteiger partial charge on any atom is -0.341 e. The van der Waals surface area contributed by atoms with Gasteiger partial charge in [-0.3, -0.25) is 10.1 Å². The topological polar surface area (TPSA) is 74.8 Å². The van der Waals surface area contributed by atoms with Crippen molar-refractivity contribution in [3.05, 3.63) is 57.8 Å². The molecule has 0 radical (unpaired) electrons. The number of amides is 3. The minimum absolute atomic E-state index is 0.0449. The van der Waals surface area contributed by atoms with Crippen LogP contribution in [-0.2, 0) is 11.2 Å². The van der Waals surface area contributed by atoms with Crippen LogP contribution in [0.3, 0.4) is 0 Å². The summed E-state index contributed by atoms with van der Waals surface area (Å²) in [6, 6.07) is 12.2. The average molecular weight is 361 g/mol. The lowest BCUT2D eigenvalue weighted by atomic mass is 9.99. The van der Waals surface area contributed by atoms with Gasteiger partial charge in [0.25, 0.3) is 5.91 Å². The van der Waals surface area contributed by atoms with E-state index in [0.717, 1.165) is 12.0 Å². The van der Waals surface area contributed by atoms with Gasteiger partial charge in [0, 0.05) is 12.6 Å². The number of quaternary nitrogens is 1. The molecule has 2 rings (SSSR count). The molecule has 0 aliphatic carbocycles. The largest absolute Gasteiger partial charge is 0.341 e. The molecule has 5 nitrogen and oxygen atoms in total. The number of nitrogens with two attached hydrogens (primary N) is 1. The molecule has 4 N–H and O–H groups in total. The molecule has 0 aliphatic rings. The first-order valence-corrected chi connectivity index (χ1v) is 9.34. The number of hydrogen-bond acceptors (Lipinski definition) is 3. The van der Waals surface area contributed by atoms with Crippen LogP contribution in [0.4, 0.5) is 4.79 Å². The molecule has 1 aromatic heterocycles. The highest BCUT2D eigenvalue weighted by Crippen LogP contribution is 2.23. The normalized spacial score (nSPS) is 12.0. The first-order valence-electron chi connectivity index (χ1n) is 8.46. The Labute approximate surface area is 152 Å². The third-order valence-corrected chi connectivity index (χ3v) is 4.81. The lowest BCUT2D eigenvalue weighted by Gasteiger charge is -2.15. The summed E-state index contributed by atoms with van der Waals surface area (Å²) >= 11 is 1.67. The van der Waals surface area contributed by atoms with Crippen LogP contribution < -0.4 is 16.0 Å². The second-order valence-corrected chi connectivity index (χ2v) is 7.38. The lowest BCUT2D eigenvalue weighted by Crippen LogP contribution is -2.87. The van der Waals surface area contributed by atoms with Crippen molar-refractivity contribution in [3.63, 3.8) is 0 Å². The summed E-state index contributed by atoms with van der Waals surface area (Å²) < 4.78 is 0. The van der Waals surface area contributed by atoms with Gasteiger partial charge >= 0.3 is 6.03 Å². The van der Waals surface area contributed by atoms with E-state index in [1.165, 1.54) is 17.5 Å². The molecule has 134 valence electrons. The fourth-order valence-electron chi connectivity index (χ4n) is 2.68. The number of carbonyl (C=O) groups is 2. The maximum atomic E-state index is 11.9. The van der Waals surface area contributed by atoms with Crippen molar-refractivity contribution in [3.8, 4) is 0 Å². The van der Waals surface area contributed by atoms with Crippen LogP contribution in [0.5, 0.6) is 0 Å². The molecule has 0 unspecified atom stereocenters. The second-order valence-electron chi connectivity index (χ2n) is 6.40. The monoisotopic (exact) mass is 360 g/mol. The third kappa shape index (κ3) is 5.99. The van der Waals surface area contributed by atoms with Gasteiger partial charge in [-0.05, 0) is 29.3 Å². The van der Waals surface area contributed by atoms with Gasteiger partial charge in [0.2, 0.25) is 0 Å². The molecule has 6 heteroatoms. The van der Waals surface area contributed by atoms with Crippen LogP contribution >= 0.6 is 11.3 Å². The molecule has 25 heavy (non-hydrogen) atoms. The van der Waals surface area contributed by atoms with Gasteiger partial charge in [0.1, 0.15) is 6.04 Å². The second kappa shape index (κ2) is 9.34. The van der Waals surface area contributed by atoms with Gasteiger partial charge in [0.05, 0.1) is 4.88 Å². The van der Waals surface area contributed by atoms with E-state index in [1.807, 2.05) is 16.8 Å². The number of hydrogen-bond donors (Lipinski definition) is 3. The summed E-state index contributed by atoms with van der Waals surface area (Å²) in [6.07, 6.45) is 1.06. The van der Waals surface area contributed by atoms with Crippen molar-refractivity contribution in [2.24, 2.45) is 5.92 Å². The number of rotatable bonds is 7. The Kier molecular flexibility index (Phi) is 7.16. The van der Waals surface area contributed by atoms with Crippen LogP contribution in [0.15, 0.2) is 41.8 Å². The maximum Gasteiger partial charge on any atom is 0.321 e. The zero-order valence-electron chi connectivity index (χ0n) is 14.9. The molecule has 0 saturated heterocycles. The molecule has 0 aliphatic heterocycles. The van der Waals surface area contributed by atoms with Crippen molar-refractivity contribution < 1.29 is 14.9 Å². The molecule has 0 bridgehead atoms. The van der Waals surface area contributed by atoms with Crippen LogP contribution in [0.25, 0.3) is 0 Å². The van der Waals surface area contributed by atoms with Crippen molar-refractivity contribution in [1.82, 2.24) is 10.6 Å². The molecule has 0 spiro atoms. The Bertz CT molecular complexity index is 681. The molecule has 1 heterocycles. The van der Waals surface area contributed by atoms with Gasteiger partial charge in [-0.2, -0.15) is 0 Å². The molecular formula is C19H26N3O2S+. The first kappa shape index (κ1) is 19.1. The van der Waals surface area contributed by atoms with Crippen molar-refractivity contribution in [2.45, 2.75) is 26.3 Å². The van der Waals surface area contributed by atoms with Crippen LogP contribution in [-0.4, -0.2) is 25.5 Å².